The van der Waals surface area contributed by atoms with E-state index >= 15 is 0 Å². The monoisotopic (exact) mass is 144 g/mol. The van der Waals surface area contributed by atoms with E-state index in [-0.39, 0.29) is 6.42 Å². The van der Waals surface area contributed by atoms with Crippen LogP contribution in [0.25, 0.3) is 0 Å². The normalized spacial score (nSPS) is 15.8. The zero-order valence-electron chi connectivity index (χ0n) is 6.00. The van der Waals surface area contributed by atoms with Crippen LogP contribution >= 0.6 is 0 Å². The van der Waals surface area contributed by atoms with Gasteiger partial charge in [-0.05, 0) is 19.8 Å². The van der Waals surface area contributed by atoms with E-state index in [0.29, 0.717) is 6.42 Å². The Morgan fingerprint density at radius 2 is 2.30 bits per heavy atom. The molecule has 2 N–H and O–H groups in total. The molecule has 0 saturated carbocycles. The fraction of sp³-hybridized carbons (Fsp3) is 0.571. The smallest absolute Gasteiger partial charge is 0.335 e. The van der Waals surface area contributed by atoms with Gasteiger partial charge in [0.25, 0.3) is 0 Å². The molecule has 3 nitrogen and oxygen atoms in total. The second-order valence-corrected chi connectivity index (χ2v) is 2.41. The molecule has 0 saturated heterocycles. The average molecular weight is 144 g/mol. The molecule has 0 aromatic rings. The molecular weight excluding hydrogens is 132 g/mol. The molecule has 1 atom stereocenters. The number of carbonyl (C=O) groups is 1. The van der Waals surface area contributed by atoms with Gasteiger partial charge in [-0.1, -0.05) is 6.08 Å². The van der Waals surface area contributed by atoms with Gasteiger partial charge in [0, 0.05) is 0 Å². The van der Waals surface area contributed by atoms with Gasteiger partial charge in [-0.25, -0.2) is 4.79 Å². The van der Waals surface area contributed by atoms with Crippen LogP contribution in [0.3, 0.4) is 0 Å². The first-order valence-electron chi connectivity index (χ1n) is 3.07. The van der Waals surface area contributed by atoms with Crippen molar-refractivity contribution in [3.8, 4) is 0 Å². The van der Waals surface area contributed by atoms with Gasteiger partial charge in [-0.15, -0.1) is 6.58 Å². The molecule has 0 rings (SSSR count). The Kier molecular flexibility index (Phi) is 3.09. The molecule has 1 unspecified atom stereocenters. The third kappa shape index (κ3) is 2.64. The molecule has 0 radical (unpaired) electrons. The van der Waals surface area contributed by atoms with Crippen LogP contribution in [0, 0.1) is 0 Å². The molecule has 0 aromatic heterocycles. The second kappa shape index (κ2) is 3.37. The highest BCUT2D eigenvalue weighted by atomic mass is 16.4. The largest absolute Gasteiger partial charge is 0.479 e. The van der Waals surface area contributed by atoms with E-state index in [1.165, 1.54) is 6.92 Å². The number of aliphatic hydroxyl groups is 1. The van der Waals surface area contributed by atoms with Gasteiger partial charge in [-0.2, -0.15) is 0 Å². The first-order valence-corrected chi connectivity index (χ1v) is 3.07. The Labute approximate surface area is 60.0 Å². The summed E-state index contributed by atoms with van der Waals surface area (Å²) in [5.74, 6) is -1.19. The zero-order chi connectivity index (χ0) is 8.20. The predicted molar refractivity (Wildman–Crippen MR) is 37.7 cm³/mol. The predicted octanol–water partition coefficient (Wildman–Crippen LogP) is 0.788. The molecule has 58 valence electrons. The number of aliphatic carboxylic acids is 1. The standard InChI is InChI=1S/C7H12O3/c1-3-4-5-7(2,10)6(8)9/h3,10H,1,4-5H2,2H3,(H,8,9). The first kappa shape index (κ1) is 9.17. The van der Waals surface area contributed by atoms with Crippen LogP contribution in [0.4, 0.5) is 0 Å². The fourth-order valence-corrected chi connectivity index (χ4v) is 0.490. The Hall–Kier alpha value is -0.830. The minimum Gasteiger partial charge on any atom is -0.479 e. The minimum absolute atomic E-state index is 0.214. The lowest BCUT2D eigenvalue weighted by Gasteiger charge is -2.15. The van der Waals surface area contributed by atoms with Gasteiger partial charge in [-0.3, -0.25) is 0 Å². The van der Waals surface area contributed by atoms with Crippen molar-refractivity contribution >= 4 is 5.97 Å². The molecule has 0 aliphatic rings. The van der Waals surface area contributed by atoms with Crippen molar-refractivity contribution in [3.05, 3.63) is 12.7 Å². The lowest BCUT2D eigenvalue weighted by molar-refractivity contribution is -0.157. The lowest BCUT2D eigenvalue weighted by atomic mass is 10.0. The molecule has 0 aliphatic carbocycles. The third-order valence-electron chi connectivity index (χ3n) is 1.30. The number of hydrogen-bond acceptors (Lipinski definition) is 2. The summed E-state index contributed by atoms with van der Waals surface area (Å²) in [5, 5.41) is 17.5. The maximum atomic E-state index is 10.2. The van der Waals surface area contributed by atoms with Crippen molar-refractivity contribution in [2.24, 2.45) is 0 Å². The van der Waals surface area contributed by atoms with Crippen molar-refractivity contribution in [1.29, 1.82) is 0 Å². The number of carboxylic acid groups (broad SMARTS) is 1. The third-order valence-corrected chi connectivity index (χ3v) is 1.30. The van der Waals surface area contributed by atoms with Gasteiger partial charge in [0.2, 0.25) is 0 Å². The molecule has 3 heteroatoms. The summed E-state index contributed by atoms with van der Waals surface area (Å²) >= 11 is 0. The summed E-state index contributed by atoms with van der Waals surface area (Å²) in [5.41, 5.74) is -1.60. The molecular formula is C7H12O3. The SMILES string of the molecule is C=CCCC(C)(O)C(=O)O. The van der Waals surface area contributed by atoms with Crippen molar-refractivity contribution in [2.75, 3.05) is 0 Å². The van der Waals surface area contributed by atoms with Crippen molar-refractivity contribution in [2.45, 2.75) is 25.4 Å². The molecule has 0 aromatic carbocycles. The lowest BCUT2D eigenvalue weighted by Crippen LogP contribution is -2.34. The highest BCUT2D eigenvalue weighted by molar-refractivity contribution is 5.76. The van der Waals surface area contributed by atoms with Crippen LogP contribution in [0.15, 0.2) is 12.7 Å². The average Bonchev–Trinajstić information content (AvgIpc) is 1.84. The van der Waals surface area contributed by atoms with Crippen molar-refractivity contribution < 1.29 is 15.0 Å². The summed E-state index contributed by atoms with van der Waals surface area (Å²) in [6.07, 6.45) is 2.31. The van der Waals surface area contributed by atoms with Gasteiger partial charge < -0.3 is 10.2 Å². The van der Waals surface area contributed by atoms with Crippen LogP contribution in [0.1, 0.15) is 19.8 Å². The van der Waals surface area contributed by atoms with Crippen LogP contribution in [0.5, 0.6) is 0 Å². The van der Waals surface area contributed by atoms with Gasteiger partial charge in [0.15, 0.2) is 5.60 Å². The van der Waals surface area contributed by atoms with E-state index in [1.807, 2.05) is 0 Å². The van der Waals surface area contributed by atoms with E-state index in [0.717, 1.165) is 0 Å². The summed E-state index contributed by atoms with van der Waals surface area (Å²) in [4.78, 5) is 10.2. The van der Waals surface area contributed by atoms with E-state index in [2.05, 4.69) is 6.58 Å². The van der Waals surface area contributed by atoms with E-state index < -0.39 is 11.6 Å². The summed E-state index contributed by atoms with van der Waals surface area (Å²) in [6, 6.07) is 0. The minimum atomic E-state index is -1.60. The molecule has 10 heavy (non-hydrogen) atoms. The molecule has 0 amide bonds. The number of carboxylic acids is 1. The molecule has 0 fully saturated rings. The van der Waals surface area contributed by atoms with Gasteiger partial charge in [0.05, 0.1) is 0 Å². The maximum absolute atomic E-state index is 10.2. The Bertz CT molecular complexity index is 138. The summed E-state index contributed by atoms with van der Waals surface area (Å²) in [6.45, 7) is 4.70. The maximum Gasteiger partial charge on any atom is 0.335 e. The van der Waals surface area contributed by atoms with Crippen LogP contribution in [0.2, 0.25) is 0 Å². The Balaban J connectivity index is 3.86. The number of hydrogen-bond donors (Lipinski definition) is 2. The summed E-state index contributed by atoms with van der Waals surface area (Å²) in [7, 11) is 0. The van der Waals surface area contributed by atoms with Crippen LogP contribution in [-0.2, 0) is 4.79 Å². The quantitative estimate of drug-likeness (QED) is 0.573. The molecule has 0 heterocycles. The molecule has 0 aliphatic heterocycles. The van der Waals surface area contributed by atoms with Crippen LogP contribution in [-0.4, -0.2) is 21.8 Å². The van der Waals surface area contributed by atoms with E-state index in [9.17, 15) is 4.79 Å². The fourth-order valence-electron chi connectivity index (χ4n) is 0.490. The van der Waals surface area contributed by atoms with E-state index in [4.69, 9.17) is 10.2 Å². The van der Waals surface area contributed by atoms with E-state index in [1.54, 1.807) is 6.08 Å². The Morgan fingerprint density at radius 1 is 1.80 bits per heavy atom. The zero-order valence-corrected chi connectivity index (χ0v) is 6.00. The first-order chi connectivity index (χ1) is 4.50. The van der Waals surface area contributed by atoms with Gasteiger partial charge in [0.1, 0.15) is 0 Å². The molecule has 0 bridgehead atoms. The Morgan fingerprint density at radius 3 is 2.60 bits per heavy atom. The van der Waals surface area contributed by atoms with Crippen LogP contribution < -0.4 is 0 Å². The summed E-state index contributed by atoms with van der Waals surface area (Å²) < 4.78 is 0. The number of rotatable bonds is 4. The topological polar surface area (TPSA) is 57.5 Å². The highest BCUT2D eigenvalue weighted by Crippen LogP contribution is 2.11. The second-order valence-electron chi connectivity index (χ2n) is 2.41. The van der Waals surface area contributed by atoms with Crippen molar-refractivity contribution in [1.82, 2.24) is 0 Å². The highest BCUT2D eigenvalue weighted by Gasteiger charge is 2.28. The molecule has 0 spiro atoms. The van der Waals surface area contributed by atoms with Crippen molar-refractivity contribution in [3.63, 3.8) is 0 Å². The van der Waals surface area contributed by atoms with Gasteiger partial charge >= 0.3 is 5.97 Å². The number of allylic oxidation sites excluding steroid dienone is 1.